The summed E-state index contributed by atoms with van der Waals surface area (Å²) in [6.07, 6.45) is -4.53. The van der Waals surface area contributed by atoms with Crippen LogP contribution in [0.4, 0.5) is 24.5 Å². The highest BCUT2D eigenvalue weighted by Crippen LogP contribution is 2.38. The van der Waals surface area contributed by atoms with Crippen molar-refractivity contribution in [1.29, 1.82) is 0 Å². The van der Waals surface area contributed by atoms with Crippen LogP contribution in [0.15, 0.2) is 96.0 Å². The van der Waals surface area contributed by atoms with Gasteiger partial charge in [0.25, 0.3) is 0 Å². The van der Waals surface area contributed by atoms with Crippen molar-refractivity contribution in [2.45, 2.75) is 6.18 Å². The van der Waals surface area contributed by atoms with Crippen molar-refractivity contribution in [1.82, 2.24) is 4.98 Å². The predicted octanol–water partition coefficient (Wildman–Crippen LogP) is 6.05. The lowest BCUT2D eigenvalue weighted by Gasteiger charge is -2.14. The molecule has 7 heteroatoms. The van der Waals surface area contributed by atoms with Gasteiger partial charge in [0.2, 0.25) is 0 Å². The number of benzene rings is 3. The van der Waals surface area contributed by atoms with Crippen molar-refractivity contribution >= 4 is 17.2 Å². The second kappa shape index (κ2) is 8.55. The minimum Gasteiger partial charge on any atom is -0.398 e. The van der Waals surface area contributed by atoms with Crippen molar-refractivity contribution in [2.24, 2.45) is 10.7 Å². The number of rotatable bonds is 4. The number of halogens is 3. The van der Waals surface area contributed by atoms with E-state index in [9.17, 15) is 13.2 Å². The Balaban J connectivity index is 1.91. The zero-order chi connectivity index (χ0) is 22.7. The first-order valence-corrected chi connectivity index (χ1v) is 9.76. The molecular formula is C25H19F3N4. The first kappa shape index (κ1) is 21.1. The second-order valence-corrected chi connectivity index (χ2v) is 7.09. The quantitative estimate of drug-likeness (QED) is 0.234. The number of hydrogen-bond donors (Lipinski definition) is 2. The second-order valence-electron chi connectivity index (χ2n) is 7.09. The average Bonchev–Trinajstić information content (AvgIpc) is 2.79. The van der Waals surface area contributed by atoms with Crippen molar-refractivity contribution in [2.75, 3.05) is 5.73 Å². The zero-order valence-electron chi connectivity index (χ0n) is 16.8. The van der Waals surface area contributed by atoms with E-state index in [4.69, 9.17) is 11.5 Å². The van der Waals surface area contributed by atoms with E-state index in [1.54, 1.807) is 36.4 Å². The van der Waals surface area contributed by atoms with Crippen LogP contribution in [-0.4, -0.2) is 10.8 Å². The highest BCUT2D eigenvalue weighted by molar-refractivity contribution is 6.03. The molecule has 0 spiro atoms. The van der Waals surface area contributed by atoms with E-state index < -0.39 is 11.7 Å². The predicted molar refractivity (Wildman–Crippen MR) is 121 cm³/mol. The Bertz CT molecular complexity index is 1280. The Morgan fingerprint density at radius 1 is 0.781 bits per heavy atom. The third-order valence-corrected chi connectivity index (χ3v) is 4.87. The Kier molecular flexibility index (Phi) is 5.64. The van der Waals surface area contributed by atoms with Crippen LogP contribution in [0, 0.1) is 0 Å². The van der Waals surface area contributed by atoms with Gasteiger partial charge in [-0.25, -0.2) is 9.98 Å². The number of alkyl halides is 3. The molecular weight excluding hydrogens is 413 g/mol. The molecule has 3 aromatic carbocycles. The average molecular weight is 432 g/mol. The van der Waals surface area contributed by atoms with E-state index in [1.165, 1.54) is 18.2 Å². The van der Waals surface area contributed by atoms with Gasteiger partial charge in [-0.15, -0.1) is 0 Å². The summed E-state index contributed by atoms with van der Waals surface area (Å²) >= 11 is 0. The monoisotopic (exact) mass is 432 g/mol. The maximum atomic E-state index is 13.6. The first-order chi connectivity index (χ1) is 15.3. The number of nitrogen functional groups attached to an aromatic ring is 1. The number of aliphatic imine (C=N–C) groups is 1. The molecule has 0 bridgehead atoms. The molecule has 0 saturated heterocycles. The van der Waals surface area contributed by atoms with E-state index in [1.807, 2.05) is 30.3 Å². The summed E-state index contributed by atoms with van der Waals surface area (Å²) in [4.78, 5) is 8.96. The molecule has 4 aromatic rings. The third kappa shape index (κ3) is 4.46. The number of anilines is 1. The summed E-state index contributed by atoms with van der Waals surface area (Å²) < 4.78 is 40.9. The van der Waals surface area contributed by atoms with E-state index >= 15 is 0 Å². The van der Waals surface area contributed by atoms with Gasteiger partial charge in [-0.3, -0.25) is 0 Å². The van der Waals surface area contributed by atoms with E-state index in [-0.39, 0.29) is 17.1 Å². The number of nitrogens with zero attached hydrogens (tertiary/aromatic N) is 2. The molecule has 32 heavy (non-hydrogen) atoms. The lowest BCUT2D eigenvalue weighted by molar-refractivity contribution is -0.137. The van der Waals surface area contributed by atoms with Gasteiger partial charge in [0.05, 0.1) is 22.6 Å². The standard InChI is InChI=1S/C25H19F3N4/c26-25(27,28)20-12-6-4-10-18(20)23-15-17(14-22(32-23)16-8-2-1-3-9-16)31-24(30)19-11-5-7-13-21(19)29/h1-15H,29H2,(H2,30,31,32). The number of nitrogens with two attached hydrogens (primary N) is 2. The molecule has 0 fully saturated rings. The van der Waals surface area contributed by atoms with Gasteiger partial charge in [0.15, 0.2) is 0 Å². The van der Waals surface area contributed by atoms with Crippen molar-refractivity contribution in [3.8, 4) is 22.5 Å². The molecule has 0 amide bonds. The SMILES string of the molecule is NC(=Nc1cc(-c2ccccc2)nc(-c2ccccc2C(F)(F)F)c1)c1ccccc1N. The molecule has 0 aliphatic carbocycles. The van der Waals surface area contributed by atoms with E-state index in [0.717, 1.165) is 11.6 Å². The van der Waals surface area contributed by atoms with Crippen LogP contribution in [0.3, 0.4) is 0 Å². The fourth-order valence-corrected chi connectivity index (χ4v) is 3.36. The largest absolute Gasteiger partial charge is 0.417 e. The Morgan fingerprint density at radius 2 is 1.41 bits per heavy atom. The molecule has 4 nitrogen and oxygen atoms in total. The van der Waals surface area contributed by atoms with Crippen LogP contribution in [0.1, 0.15) is 11.1 Å². The fraction of sp³-hybridized carbons (Fsp3) is 0.0400. The summed E-state index contributed by atoms with van der Waals surface area (Å²) in [6, 6.07) is 24.6. The minimum atomic E-state index is -4.53. The number of hydrogen-bond acceptors (Lipinski definition) is 3. The molecule has 1 aromatic heterocycles. The van der Waals surface area contributed by atoms with Crippen LogP contribution in [0.25, 0.3) is 22.5 Å². The van der Waals surface area contributed by atoms with Crippen molar-refractivity contribution in [3.05, 3.63) is 102 Å². The van der Waals surface area contributed by atoms with Crippen LogP contribution in [-0.2, 0) is 6.18 Å². The number of aromatic nitrogens is 1. The Hall–Kier alpha value is -4.13. The van der Waals surface area contributed by atoms with Crippen molar-refractivity contribution < 1.29 is 13.2 Å². The molecule has 0 atom stereocenters. The smallest absolute Gasteiger partial charge is 0.398 e. The molecule has 0 radical (unpaired) electrons. The van der Waals surface area contributed by atoms with Crippen LogP contribution in [0.5, 0.6) is 0 Å². The number of amidine groups is 1. The van der Waals surface area contributed by atoms with Crippen molar-refractivity contribution in [3.63, 3.8) is 0 Å². The lowest BCUT2D eigenvalue weighted by atomic mass is 10.0. The van der Waals surface area contributed by atoms with Crippen LogP contribution >= 0.6 is 0 Å². The topological polar surface area (TPSA) is 77.3 Å². The normalized spacial score (nSPS) is 12.0. The number of para-hydroxylation sites is 1. The summed E-state index contributed by atoms with van der Waals surface area (Å²) in [5.41, 5.74) is 14.1. The lowest BCUT2D eigenvalue weighted by Crippen LogP contribution is -2.14. The molecule has 0 aliphatic heterocycles. The summed E-state index contributed by atoms with van der Waals surface area (Å²) in [5, 5.41) is 0. The maximum absolute atomic E-state index is 13.6. The van der Waals surface area contributed by atoms with Gasteiger partial charge < -0.3 is 11.5 Å². The molecule has 4 N–H and O–H groups in total. The highest BCUT2D eigenvalue weighted by atomic mass is 19.4. The van der Waals surface area contributed by atoms with Crippen LogP contribution < -0.4 is 11.5 Å². The molecule has 0 unspecified atom stereocenters. The highest BCUT2D eigenvalue weighted by Gasteiger charge is 2.33. The summed E-state index contributed by atoms with van der Waals surface area (Å²) in [5.74, 6) is 0.156. The summed E-state index contributed by atoms with van der Waals surface area (Å²) in [6.45, 7) is 0. The molecule has 1 heterocycles. The summed E-state index contributed by atoms with van der Waals surface area (Å²) in [7, 11) is 0. The Morgan fingerprint density at radius 3 is 2.12 bits per heavy atom. The van der Waals surface area contributed by atoms with Gasteiger partial charge in [0, 0.05) is 22.4 Å². The maximum Gasteiger partial charge on any atom is 0.417 e. The van der Waals surface area contributed by atoms with Gasteiger partial charge >= 0.3 is 6.18 Å². The molecule has 160 valence electrons. The first-order valence-electron chi connectivity index (χ1n) is 9.76. The van der Waals surface area contributed by atoms with Gasteiger partial charge in [0.1, 0.15) is 5.84 Å². The molecule has 4 rings (SSSR count). The zero-order valence-corrected chi connectivity index (χ0v) is 16.8. The van der Waals surface area contributed by atoms with Crippen LogP contribution in [0.2, 0.25) is 0 Å². The third-order valence-electron chi connectivity index (χ3n) is 4.87. The van der Waals surface area contributed by atoms with E-state index in [0.29, 0.717) is 22.6 Å². The van der Waals surface area contributed by atoms with Gasteiger partial charge in [-0.2, -0.15) is 13.2 Å². The molecule has 0 aliphatic rings. The fourth-order valence-electron chi connectivity index (χ4n) is 3.36. The number of pyridine rings is 1. The van der Waals surface area contributed by atoms with E-state index in [2.05, 4.69) is 9.98 Å². The molecule has 0 saturated carbocycles. The van der Waals surface area contributed by atoms with Gasteiger partial charge in [-0.05, 0) is 30.3 Å². The van der Waals surface area contributed by atoms with Gasteiger partial charge in [-0.1, -0.05) is 60.7 Å². The Labute approximate surface area is 183 Å². The minimum absolute atomic E-state index is 0.0352.